The van der Waals surface area contributed by atoms with Gasteiger partial charge in [0.2, 0.25) is 6.29 Å². The topological polar surface area (TPSA) is 254 Å². The van der Waals surface area contributed by atoms with Gasteiger partial charge in [0, 0.05) is 37.7 Å². The molecule has 75 heavy (non-hydrogen) atoms. The fourth-order valence-corrected chi connectivity index (χ4v) is 10.5. The number of fused-ring (bicyclic) bond motifs is 6. The van der Waals surface area contributed by atoms with Gasteiger partial charge in [-0.2, -0.15) is 0 Å². The van der Waals surface area contributed by atoms with Crippen LogP contribution in [0.5, 0.6) is 40.2 Å². The summed E-state index contributed by atoms with van der Waals surface area (Å²) in [4.78, 5) is 41.0. The predicted molar refractivity (Wildman–Crippen MR) is 270 cm³/mol. The van der Waals surface area contributed by atoms with Crippen molar-refractivity contribution >= 4 is 46.0 Å². The summed E-state index contributed by atoms with van der Waals surface area (Å²) in [5.74, 6) is 0.692. The molecule has 21 heteroatoms. The number of aliphatic imine (C=N–C) groups is 2. The normalized spacial score (nSPS) is 22.5. The summed E-state index contributed by atoms with van der Waals surface area (Å²) in [6, 6.07) is 23.3. The quantitative estimate of drug-likeness (QED) is 0.0885. The number of ether oxygens (including phenoxy) is 6. The molecule has 5 aliphatic rings. The van der Waals surface area contributed by atoms with Crippen LogP contribution in [0, 0.1) is 6.92 Å². The molecular formula is C54H56N4O16S. The Bertz CT molecular complexity index is 3170. The van der Waals surface area contributed by atoms with Gasteiger partial charge in [0.15, 0.2) is 34.5 Å². The molecule has 0 spiro atoms. The van der Waals surface area contributed by atoms with Gasteiger partial charge >= 0.3 is 10.4 Å². The van der Waals surface area contributed by atoms with Crippen molar-refractivity contribution in [1.29, 1.82) is 0 Å². The van der Waals surface area contributed by atoms with E-state index in [0.29, 0.717) is 102 Å². The van der Waals surface area contributed by atoms with E-state index in [4.69, 9.17) is 46.8 Å². The minimum Gasteiger partial charge on any atom is -0.493 e. The van der Waals surface area contributed by atoms with Gasteiger partial charge in [0.25, 0.3) is 11.8 Å². The Morgan fingerprint density at radius 3 is 1.81 bits per heavy atom. The second-order valence-corrected chi connectivity index (χ2v) is 20.0. The molecule has 10 rings (SSSR count). The first-order valence-corrected chi connectivity index (χ1v) is 25.8. The molecular weight excluding hydrogens is 993 g/mol. The maximum atomic E-state index is 14.2. The van der Waals surface area contributed by atoms with Gasteiger partial charge in [-0.25, -0.2) is 0 Å². The van der Waals surface area contributed by atoms with Crippen LogP contribution in [0.2, 0.25) is 0 Å². The average Bonchev–Trinajstić information content (AvgIpc) is 3.62. The maximum Gasteiger partial charge on any atom is 0.501 e. The number of aryl methyl sites for hydroxylation is 1. The molecule has 2 amide bonds. The number of hydrogen-bond donors (Lipinski definition) is 4. The molecule has 0 unspecified atom stereocenters. The van der Waals surface area contributed by atoms with Crippen molar-refractivity contribution in [2.45, 2.75) is 94.9 Å². The fraction of sp³-hybridized carbons (Fsp3) is 0.370. The Balaban J connectivity index is 0.736. The highest BCUT2D eigenvalue weighted by Crippen LogP contribution is 2.41. The Labute approximate surface area is 432 Å². The van der Waals surface area contributed by atoms with Gasteiger partial charge in [0.1, 0.15) is 30.2 Å². The lowest BCUT2D eigenvalue weighted by Crippen LogP contribution is -2.60. The summed E-state index contributed by atoms with van der Waals surface area (Å²) >= 11 is 0. The lowest BCUT2D eigenvalue weighted by molar-refractivity contribution is -0.277. The monoisotopic (exact) mass is 1050 g/mol. The first-order valence-electron chi connectivity index (χ1n) is 24.5. The van der Waals surface area contributed by atoms with Crippen molar-refractivity contribution < 1.29 is 75.2 Å². The predicted octanol–water partition coefficient (Wildman–Crippen LogP) is 5.09. The molecule has 0 saturated carbocycles. The minimum atomic E-state index is -4.84. The summed E-state index contributed by atoms with van der Waals surface area (Å²) in [5.41, 5.74) is 6.12. The average molecular weight is 1050 g/mol. The molecule has 1 saturated heterocycles. The number of benzene rings is 5. The van der Waals surface area contributed by atoms with Gasteiger partial charge < -0.3 is 67.0 Å². The van der Waals surface area contributed by atoms with Crippen molar-refractivity contribution in [2.24, 2.45) is 9.98 Å². The van der Waals surface area contributed by atoms with Crippen LogP contribution >= 0.6 is 0 Å². The number of rotatable bonds is 17. The molecule has 5 aliphatic heterocycles. The third kappa shape index (κ3) is 10.7. The van der Waals surface area contributed by atoms with Crippen molar-refractivity contribution in [3.05, 3.63) is 124 Å². The van der Waals surface area contributed by atoms with Gasteiger partial charge in [0.05, 0.1) is 68.6 Å². The number of unbranched alkanes of at least 4 members (excludes halogenated alkanes) is 2. The second kappa shape index (κ2) is 21.5. The van der Waals surface area contributed by atoms with Gasteiger partial charge in [-0.3, -0.25) is 19.6 Å². The van der Waals surface area contributed by atoms with Crippen LogP contribution in [0.15, 0.2) is 94.9 Å². The molecule has 0 aromatic heterocycles. The van der Waals surface area contributed by atoms with Gasteiger partial charge in [-0.05, 0) is 103 Å². The Kier molecular flexibility index (Phi) is 14.7. The summed E-state index contributed by atoms with van der Waals surface area (Å²) < 4.78 is 72.3. The van der Waals surface area contributed by atoms with Crippen molar-refractivity contribution in [2.75, 3.05) is 34.0 Å². The summed E-state index contributed by atoms with van der Waals surface area (Å²) in [6.07, 6.45) is -1.19. The smallest absolute Gasteiger partial charge is 0.493 e. The zero-order chi connectivity index (χ0) is 52.5. The highest BCUT2D eigenvalue weighted by Gasteiger charge is 2.45. The first kappa shape index (κ1) is 51.2. The molecule has 20 nitrogen and oxygen atoms in total. The SMILES string of the molecule is COc1cc2c(cc1OCCCCCOc1cc3c(cc1OC)C(=O)N1Cc4cc(OS(=O)(=O)Oc5cc(C)ccc5O[C@@H]5O[C@H](CO)[C@H](O)[C@H](O)[C@H]5O)ccc4C[C@H]1C=N3)N=C[C@@H]1Cc3ccccc3CN1C2=O. The molecule has 5 aromatic carbocycles. The molecule has 0 aliphatic carbocycles. The molecule has 0 radical (unpaired) electrons. The van der Waals surface area contributed by atoms with E-state index in [1.165, 1.54) is 36.9 Å². The van der Waals surface area contributed by atoms with Crippen LogP contribution in [0.25, 0.3) is 0 Å². The molecule has 7 atom stereocenters. The number of carbonyl (C=O) groups is 2. The summed E-state index contributed by atoms with van der Waals surface area (Å²) in [6.45, 7) is 2.34. The molecule has 394 valence electrons. The standard InChI is InChI=1S/C54H56N4O16S/c1-30-11-14-42(71-54-51(62)50(61)49(60)48(29-59)72-54)47(17-30)74-75(65,66)73-37-13-12-32-19-36-26-56-41-24-46(44(68-3)22-39(41)53(64)58(36)28-34(32)20-37)70-16-8-4-7-15-69-45-23-40-38(21-43(45)67-2)52(63)57-27-33-10-6-5-9-31(33)18-35(57)25-55-40/h5-6,9-14,17,20-26,35-36,48-51,54,59-62H,4,7-8,15-16,18-19,27-29H2,1-3H3/t35-,36-,48+,49-,50-,51+,54+/m0/s1. The second-order valence-electron chi connectivity index (χ2n) is 18.8. The lowest BCUT2D eigenvalue weighted by atomic mass is 9.94. The van der Waals surface area contributed by atoms with Crippen LogP contribution in [-0.2, 0) is 41.1 Å². The highest BCUT2D eigenvalue weighted by molar-refractivity contribution is 7.82. The summed E-state index contributed by atoms with van der Waals surface area (Å²) in [5, 5.41) is 40.5. The van der Waals surface area contributed by atoms with Gasteiger partial charge in [-0.15, -0.1) is 8.42 Å². The van der Waals surface area contributed by atoms with Crippen LogP contribution in [0.4, 0.5) is 11.4 Å². The van der Waals surface area contributed by atoms with Crippen molar-refractivity contribution in [1.82, 2.24) is 9.80 Å². The van der Waals surface area contributed by atoms with E-state index in [-0.39, 0.29) is 41.6 Å². The molecule has 5 aromatic rings. The number of carbonyl (C=O) groups excluding carboxylic acids is 2. The minimum absolute atomic E-state index is 0.0922. The van der Waals surface area contributed by atoms with E-state index in [1.807, 2.05) is 23.2 Å². The number of methoxy groups -OCH3 is 2. The fourth-order valence-electron chi connectivity index (χ4n) is 9.79. The highest BCUT2D eigenvalue weighted by atomic mass is 32.3. The van der Waals surface area contributed by atoms with E-state index in [9.17, 15) is 38.4 Å². The largest absolute Gasteiger partial charge is 0.501 e. The summed E-state index contributed by atoms with van der Waals surface area (Å²) in [7, 11) is -1.80. The third-order valence-electron chi connectivity index (χ3n) is 13.8. The zero-order valence-corrected chi connectivity index (χ0v) is 42.1. The van der Waals surface area contributed by atoms with E-state index in [0.717, 1.165) is 17.5 Å². The van der Waals surface area contributed by atoms with Crippen LogP contribution < -0.4 is 32.1 Å². The van der Waals surface area contributed by atoms with Crippen LogP contribution in [0.3, 0.4) is 0 Å². The molecule has 0 bridgehead atoms. The van der Waals surface area contributed by atoms with Gasteiger partial charge in [-0.1, -0.05) is 36.4 Å². The van der Waals surface area contributed by atoms with E-state index >= 15 is 0 Å². The van der Waals surface area contributed by atoms with Crippen LogP contribution in [0.1, 0.15) is 67.8 Å². The number of aliphatic hydroxyl groups excluding tert-OH is 4. The van der Waals surface area contributed by atoms with E-state index in [2.05, 4.69) is 12.1 Å². The maximum absolute atomic E-state index is 14.2. The molecule has 1 fully saturated rings. The van der Waals surface area contributed by atoms with E-state index in [1.54, 1.807) is 61.5 Å². The first-order chi connectivity index (χ1) is 36.2. The Hall–Kier alpha value is -7.27. The molecule has 4 N–H and O–H groups in total. The zero-order valence-electron chi connectivity index (χ0n) is 41.2. The number of hydrogen-bond acceptors (Lipinski definition) is 18. The number of nitrogens with zero attached hydrogens (tertiary/aromatic N) is 4. The van der Waals surface area contributed by atoms with Crippen LogP contribution in [-0.4, -0.2) is 140 Å². The lowest BCUT2D eigenvalue weighted by Gasteiger charge is -2.39. The van der Waals surface area contributed by atoms with Crippen molar-refractivity contribution in [3.63, 3.8) is 0 Å². The van der Waals surface area contributed by atoms with Crippen molar-refractivity contribution in [3.8, 4) is 40.2 Å². The van der Waals surface area contributed by atoms with E-state index < -0.39 is 53.8 Å². The number of aliphatic hydroxyl groups is 4. The number of amides is 2. The molecule has 5 heterocycles. The third-order valence-corrected chi connectivity index (χ3v) is 14.6. The Morgan fingerprint density at radius 2 is 1.21 bits per heavy atom. The Morgan fingerprint density at radius 1 is 0.627 bits per heavy atom.